The van der Waals surface area contributed by atoms with Crippen LogP contribution in [-0.4, -0.2) is 35.0 Å². The van der Waals surface area contributed by atoms with Crippen molar-refractivity contribution in [3.63, 3.8) is 0 Å². The van der Waals surface area contributed by atoms with E-state index >= 15 is 0 Å². The van der Waals surface area contributed by atoms with E-state index in [1.165, 1.54) is 6.42 Å². The molecular weight excluding hydrogens is 388 g/mol. The number of carboxylic acid groups (broad SMARTS) is 1. The van der Waals surface area contributed by atoms with Crippen LogP contribution in [0, 0.1) is 6.92 Å². The number of hydrogen-bond donors (Lipinski definition) is 2. The Balaban J connectivity index is 1.67. The second-order valence-corrected chi connectivity index (χ2v) is 8.23. The van der Waals surface area contributed by atoms with Gasteiger partial charge in [0.25, 0.3) is 5.91 Å². The van der Waals surface area contributed by atoms with Crippen LogP contribution in [0.3, 0.4) is 0 Å². The van der Waals surface area contributed by atoms with Crippen LogP contribution in [-0.2, 0) is 11.2 Å². The Morgan fingerprint density at radius 2 is 1.77 bits per heavy atom. The highest BCUT2D eigenvalue weighted by atomic mass is 16.4. The van der Waals surface area contributed by atoms with E-state index in [2.05, 4.69) is 5.32 Å². The summed E-state index contributed by atoms with van der Waals surface area (Å²) in [6.07, 6.45) is 3.94. The van der Waals surface area contributed by atoms with E-state index in [1.807, 2.05) is 66.4 Å². The summed E-state index contributed by atoms with van der Waals surface area (Å²) in [6.45, 7) is 3.70. The largest absolute Gasteiger partial charge is 0.481 e. The van der Waals surface area contributed by atoms with Gasteiger partial charge in [-0.15, -0.1) is 0 Å². The molecule has 1 amide bonds. The maximum Gasteiger partial charge on any atom is 0.303 e. The molecular formula is C26H28N2O3. The fourth-order valence-corrected chi connectivity index (χ4v) is 4.36. The standard InChI is InChI=1S/C26H28N2O3/c1-18-7-5-10-21-23(27-20-9-6-8-19(17-20)11-14-24(29)30)13-12-22(25(18)21)26(31)28-15-3-2-4-16-28/h5-10,12-13,17,27H,2-4,11,14-16H2,1H3,(H,29,30). The molecule has 0 bridgehead atoms. The normalized spacial score (nSPS) is 13.9. The van der Waals surface area contributed by atoms with Crippen molar-refractivity contribution >= 4 is 34.0 Å². The molecule has 0 saturated carbocycles. The number of benzene rings is 3. The third kappa shape index (κ3) is 4.71. The first-order chi connectivity index (χ1) is 15.0. The molecule has 1 aliphatic rings. The summed E-state index contributed by atoms with van der Waals surface area (Å²) in [5.74, 6) is -0.685. The average molecular weight is 417 g/mol. The minimum atomic E-state index is -0.797. The molecule has 3 aromatic carbocycles. The number of fused-ring (bicyclic) bond motifs is 1. The molecule has 1 aliphatic heterocycles. The molecule has 31 heavy (non-hydrogen) atoms. The van der Waals surface area contributed by atoms with Gasteiger partial charge in [-0.05, 0) is 73.4 Å². The van der Waals surface area contributed by atoms with Crippen LogP contribution >= 0.6 is 0 Å². The number of rotatable bonds is 6. The first kappa shape index (κ1) is 20.9. The SMILES string of the molecule is Cc1cccc2c(Nc3cccc(CCC(=O)O)c3)ccc(C(=O)N3CCCCC3)c12. The molecule has 0 unspecified atom stereocenters. The molecule has 0 atom stereocenters. The molecule has 1 fully saturated rings. The van der Waals surface area contributed by atoms with Gasteiger partial charge in [-0.2, -0.15) is 0 Å². The van der Waals surface area contributed by atoms with Crippen molar-refractivity contribution in [2.75, 3.05) is 18.4 Å². The van der Waals surface area contributed by atoms with Crippen molar-refractivity contribution in [1.82, 2.24) is 4.90 Å². The summed E-state index contributed by atoms with van der Waals surface area (Å²) in [5, 5.41) is 14.4. The van der Waals surface area contributed by atoms with Crippen molar-refractivity contribution in [2.24, 2.45) is 0 Å². The molecule has 5 heteroatoms. The predicted molar refractivity (Wildman–Crippen MR) is 124 cm³/mol. The van der Waals surface area contributed by atoms with E-state index in [4.69, 9.17) is 5.11 Å². The third-order valence-corrected chi connectivity index (χ3v) is 5.96. The van der Waals surface area contributed by atoms with Crippen LogP contribution in [0.15, 0.2) is 54.6 Å². The fraction of sp³-hybridized carbons (Fsp3) is 0.308. The number of likely N-dealkylation sites (tertiary alicyclic amines) is 1. The number of carbonyl (C=O) groups excluding carboxylic acids is 1. The van der Waals surface area contributed by atoms with Crippen LogP contribution in [0.2, 0.25) is 0 Å². The number of anilines is 2. The first-order valence-electron chi connectivity index (χ1n) is 10.9. The Labute approximate surface area is 182 Å². The number of nitrogens with one attached hydrogen (secondary N) is 1. The molecule has 0 spiro atoms. The Morgan fingerprint density at radius 3 is 2.55 bits per heavy atom. The highest BCUT2D eigenvalue weighted by Crippen LogP contribution is 2.32. The molecule has 160 valence electrons. The lowest BCUT2D eigenvalue weighted by atomic mass is 9.97. The molecule has 4 rings (SSSR count). The second-order valence-electron chi connectivity index (χ2n) is 8.23. The predicted octanol–water partition coefficient (Wildman–Crippen LogP) is 5.54. The first-order valence-corrected chi connectivity index (χ1v) is 10.9. The van der Waals surface area contributed by atoms with Gasteiger partial charge in [0.1, 0.15) is 0 Å². The van der Waals surface area contributed by atoms with Gasteiger partial charge < -0.3 is 15.3 Å². The van der Waals surface area contributed by atoms with Crippen molar-refractivity contribution in [3.8, 4) is 0 Å². The summed E-state index contributed by atoms with van der Waals surface area (Å²) in [7, 11) is 0. The lowest BCUT2D eigenvalue weighted by Gasteiger charge is -2.27. The zero-order valence-electron chi connectivity index (χ0n) is 17.9. The Bertz CT molecular complexity index is 1120. The summed E-state index contributed by atoms with van der Waals surface area (Å²) >= 11 is 0. The Morgan fingerprint density at radius 1 is 1.00 bits per heavy atom. The third-order valence-electron chi connectivity index (χ3n) is 5.96. The number of aryl methyl sites for hydroxylation is 2. The molecule has 0 aromatic heterocycles. The van der Waals surface area contributed by atoms with Crippen molar-refractivity contribution in [3.05, 3.63) is 71.3 Å². The van der Waals surface area contributed by atoms with E-state index in [1.54, 1.807) is 0 Å². The van der Waals surface area contributed by atoms with Crippen molar-refractivity contribution < 1.29 is 14.7 Å². The highest BCUT2D eigenvalue weighted by Gasteiger charge is 2.21. The summed E-state index contributed by atoms with van der Waals surface area (Å²) in [4.78, 5) is 26.1. The van der Waals surface area contributed by atoms with Gasteiger partial charge >= 0.3 is 5.97 Å². The Hall–Kier alpha value is -3.34. The number of amides is 1. The van der Waals surface area contributed by atoms with Gasteiger partial charge in [-0.25, -0.2) is 0 Å². The van der Waals surface area contributed by atoms with Gasteiger partial charge in [0, 0.05) is 41.8 Å². The molecule has 1 saturated heterocycles. The smallest absolute Gasteiger partial charge is 0.303 e. The summed E-state index contributed by atoms with van der Waals surface area (Å²) in [6, 6.07) is 17.8. The topological polar surface area (TPSA) is 69.6 Å². The van der Waals surface area contributed by atoms with Crippen molar-refractivity contribution in [2.45, 2.75) is 39.0 Å². The molecule has 0 radical (unpaired) electrons. The van der Waals surface area contributed by atoms with Crippen LogP contribution in [0.25, 0.3) is 10.8 Å². The highest BCUT2D eigenvalue weighted by molar-refractivity contribution is 6.11. The van der Waals surface area contributed by atoms with E-state index in [-0.39, 0.29) is 12.3 Å². The van der Waals surface area contributed by atoms with E-state index in [0.29, 0.717) is 6.42 Å². The number of nitrogens with zero attached hydrogens (tertiary/aromatic N) is 1. The van der Waals surface area contributed by atoms with Gasteiger partial charge in [0.15, 0.2) is 0 Å². The quantitative estimate of drug-likeness (QED) is 0.554. The summed E-state index contributed by atoms with van der Waals surface area (Å²) < 4.78 is 0. The van der Waals surface area contributed by atoms with Crippen LogP contribution in [0.5, 0.6) is 0 Å². The lowest BCUT2D eigenvalue weighted by molar-refractivity contribution is -0.136. The van der Waals surface area contributed by atoms with Crippen LogP contribution in [0.1, 0.15) is 47.2 Å². The number of carboxylic acids is 1. The van der Waals surface area contributed by atoms with Gasteiger partial charge in [-0.1, -0.05) is 30.3 Å². The number of piperidine rings is 1. The van der Waals surface area contributed by atoms with E-state index < -0.39 is 5.97 Å². The van der Waals surface area contributed by atoms with E-state index in [0.717, 1.165) is 64.8 Å². The molecule has 2 N–H and O–H groups in total. The molecule has 3 aromatic rings. The van der Waals surface area contributed by atoms with Crippen LogP contribution < -0.4 is 5.32 Å². The van der Waals surface area contributed by atoms with Gasteiger partial charge in [0.2, 0.25) is 0 Å². The van der Waals surface area contributed by atoms with Gasteiger partial charge in [0.05, 0.1) is 0 Å². The van der Waals surface area contributed by atoms with E-state index in [9.17, 15) is 9.59 Å². The number of aliphatic carboxylic acids is 1. The fourth-order valence-electron chi connectivity index (χ4n) is 4.36. The zero-order valence-corrected chi connectivity index (χ0v) is 17.9. The minimum Gasteiger partial charge on any atom is -0.481 e. The Kier molecular flexibility index (Phi) is 6.21. The van der Waals surface area contributed by atoms with Crippen LogP contribution in [0.4, 0.5) is 11.4 Å². The maximum atomic E-state index is 13.3. The molecule has 1 heterocycles. The molecule has 0 aliphatic carbocycles. The maximum absolute atomic E-state index is 13.3. The van der Waals surface area contributed by atoms with Gasteiger partial charge in [-0.3, -0.25) is 9.59 Å². The summed E-state index contributed by atoms with van der Waals surface area (Å²) in [5.41, 5.74) is 4.65. The zero-order chi connectivity index (χ0) is 21.8. The van der Waals surface area contributed by atoms with Crippen molar-refractivity contribution in [1.29, 1.82) is 0 Å². The average Bonchev–Trinajstić information content (AvgIpc) is 2.79. The molecule has 5 nitrogen and oxygen atoms in total. The number of carbonyl (C=O) groups is 2. The lowest BCUT2D eigenvalue weighted by Crippen LogP contribution is -2.35. The monoisotopic (exact) mass is 416 g/mol. The second kappa shape index (κ2) is 9.21. The number of hydrogen-bond acceptors (Lipinski definition) is 3. The minimum absolute atomic E-state index is 0.110.